The summed E-state index contributed by atoms with van der Waals surface area (Å²) < 4.78 is 5.19. The normalized spacial score (nSPS) is 29.5. The highest BCUT2D eigenvalue weighted by Gasteiger charge is 2.53. The van der Waals surface area contributed by atoms with Crippen LogP contribution in [0.2, 0.25) is 0 Å². The molecule has 0 spiro atoms. The Labute approximate surface area is 182 Å². The van der Waals surface area contributed by atoms with Gasteiger partial charge in [-0.3, -0.25) is 9.59 Å². The molecule has 1 aromatic carbocycles. The van der Waals surface area contributed by atoms with E-state index in [9.17, 15) is 9.59 Å². The molecule has 2 aromatic rings. The molecule has 1 unspecified atom stereocenters. The minimum atomic E-state index is -0.300. The first-order chi connectivity index (χ1) is 14.9. The lowest BCUT2D eigenvalue weighted by molar-refractivity contribution is -0.0688. The summed E-state index contributed by atoms with van der Waals surface area (Å²) in [5.74, 6) is 3.52. The third-order valence-corrected chi connectivity index (χ3v) is 7.91. The second kappa shape index (κ2) is 7.81. The molecule has 4 fully saturated rings. The summed E-state index contributed by atoms with van der Waals surface area (Å²) in [6.45, 7) is 2.15. The van der Waals surface area contributed by atoms with Gasteiger partial charge in [-0.25, -0.2) is 4.98 Å². The molecule has 1 heterocycles. The molecule has 2 N–H and O–H groups in total. The SMILES string of the molecule is COc1ccc(Cc2nc(C(=O)NC(C)C34CC5CC(CC(C5)C3)C4)cc(=O)[nH]2)cc1. The quantitative estimate of drug-likeness (QED) is 0.745. The molecule has 164 valence electrons. The van der Waals surface area contributed by atoms with Crippen molar-refractivity contribution in [1.29, 1.82) is 0 Å². The van der Waals surface area contributed by atoms with Gasteiger partial charge < -0.3 is 15.0 Å². The van der Waals surface area contributed by atoms with Crippen molar-refractivity contribution in [2.75, 3.05) is 7.11 Å². The van der Waals surface area contributed by atoms with E-state index in [1.165, 1.54) is 44.6 Å². The lowest BCUT2D eigenvalue weighted by Gasteiger charge is -2.59. The van der Waals surface area contributed by atoms with E-state index >= 15 is 0 Å². The zero-order valence-electron chi connectivity index (χ0n) is 18.3. The maximum absolute atomic E-state index is 13.0. The first kappa shape index (κ1) is 20.3. The average molecular weight is 422 g/mol. The van der Waals surface area contributed by atoms with Gasteiger partial charge in [-0.2, -0.15) is 0 Å². The van der Waals surface area contributed by atoms with Crippen LogP contribution in [0.4, 0.5) is 0 Å². The molecule has 1 amide bonds. The predicted octanol–water partition coefficient (Wildman–Crippen LogP) is 3.70. The zero-order valence-corrected chi connectivity index (χ0v) is 18.3. The largest absolute Gasteiger partial charge is 0.497 e. The number of carbonyl (C=O) groups is 1. The van der Waals surface area contributed by atoms with Crippen molar-refractivity contribution in [1.82, 2.24) is 15.3 Å². The number of aromatic nitrogens is 2. The summed E-state index contributed by atoms with van der Waals surface area (Å²) >= 11 is 0. The number of hydrogen-bond donors (Lipinski definition) is 2. The van der Waals surface area contributed by atoms with Gasteiger partial charge in [-0.15, -0.1) is 0 Å². The van der Waals surface area contributed by atoms with Gasteiger partial charge in [0.2, 0.25) is 0 Å². The number of H-pyrrole nitrogens is 1. The number of nitrogens with one attached hydrogen (secondary N) is 2. The molecule has 4 bridgehead atoms. The predicted molar refractivity (Wildman–Crippen MR) is 118 cm³/mol. The summed E-state index contributed by atoms with van der Waals surface area (Å²) in [6.07, 6.45) is 8.27. The molecule has 4 aliphatic carbocycles. The molecule has 1 atom stereocenters. The minimum Gasteiger partial charge on any atom is -0.497 e. The van der Waals surface area contributed by atoms with Gasteiger partial charge in [0.25, 0.3) is 11.5 Å². The summed E-state index contributed by atoms with van der Waals surface area (Å²) in [4.78, 5) is 32.5. The molecule has 6 nitrogen and oxygen atoms in total. The van der Waals surface area contributed by atoms with Crippen molar-refractivity contribution in [3.8, 4) is 5.75 Å². The Morgan fingerprint density at radius 1 is 1.16 bits per heavy atom. The van der Waals surface area contributed by atoms with Gasteiger partial charge in [-0.1, -0.05) is 12.1 Å². The summed E-state index contributed by atoms with van der Waals surface area (Å²) in [6, 6.07) is 9.01. The Bertz CT molecular complexity index is 992. The molecule has 6 rings (SSSR count). The number of carbonyl (C=O) groups excluding carboxylic acids is 1. The fraction of sp³-hybridized carbons (Fsp3) is 0.560. The van der Waals surface area contributed by atoms with Gasteiger partial charge >= 0.3 is 0 Å². The highest BCUT2D eigenvalue weighted by molar-refractivity contribution is 5.92. The number of ether oxygens (including phenoxy) is 1. The van der Waals surface area contributed by atoms with E-state index in [4.69, 9.17) is 4.74 Å². The van der Waals surface area contributed by atoms with Crippen LogP contribution in [0, 0.1) is 23.2 Å². The standard InChI is InChI=1S/C25H31N3O3/c1-15(25-12-17-7-18(13-25)9-19(8-17)14-25)26-24(30)21-11-23(29)28-22(27-21)10-16-3-5-20(31-2)6-4-16/h3-6,11,15,17-19H,7-10,12-14H2,1-2H3,(H,26,30)(H,27,28,29). The average Bonchev–Trinajstić information content (AvgIpc) is 2.73. The topological polar surface area (TPSA) is 84.1 Å². The van der Waals surface area contributed by atoms with E-state index in [0.717, 1.165) is 29.1 Å². The molecule has 31 heavy (non-hydrogen) atoms. The monoisotopic (exact) mass is 421 g/mol. The van der Waals surface area contributed by atoms with Crippen molar-refractivity contribution >= 4 is 5.91 Å². The number of methoxy groups -OCH3 is 1. The van der Waals surface area contributed by atoms with E-state index in [0.29, 0.717) is 12.2 Å². The molecule has 4 saturated carbocycles. The first-order valence-electron chi connectivity index (χ1n) is 11.5. The number of nitrogens with zero attached hydrogens (tertiary/aromatic N) is 1. The van der Waals surface area contributed by atoms with Crippen molar-refractivity contribution in [2.45, 2.75) is 57.9 Å². The highest BCUT2D eigenvalue weighted by atomic mass is 16.5. The van der Waals surface area contributed by atoms with Gasteiger partial charge in [0.1, 0.15) is 17.3 Å². The van der Waals surface area contributed by atoms with Crippen LogP contribution in [0.15, 0.2) is 35.1 Å². The maximum Gasteiger partial charge on any atom is 0.270 e. The molecule has 4 aliphatic rings. The molecule has 0 aliphatic heterocycles. The summed E-state index contributed by atoms with van der Waals surface area (Å²) in [7, 11) is 1.63. The number of amides is 1. The Morgan fingerprint density at radius 2 is 1.77 bits per heavy atom. The Kier molecular flexibility index (Phi) is 5.11. The third kappa shape index (κ3) is 4.00. The van der Waals surface area contributed by atoms with Gasteiger partial charge in [0.15, 0.2) is 0 Å². The maximum atomic E-state index is 13.0. The van der Waals surface area contributed by atoms with Crippen molar-refractivity contribution in [2.24, 2.45) is 23.2 Å². The van der Waals surface area contributed by atoms with Gasteiger partial charge in [-0.05, 0) is 86.3 Å². The minimum absolute atomic E-state index is 0.0968. The second-order valence-corrected chi connectivity index (χ2v) is 10.1. The Morgan fingerprint density at radius 3 is 2.35 bits per heavy atom. The van der Waals surface area contributed by atoms with Gasteiger partial charge in [0.05, 0.1) is 7.11 Å². The van der Waals surface area contributed by atoms with Crippen LogP contribution < -0.4 is 15.6 Å². The molecular formula is C25H31N3O3. The van der Waals surface area contributed by atoms with E-state index < -0.39 is 0 Å². The van der Waals surface area contributed by atoms with Crippen LogP contribution in [0.5, 0.6) is 5.75 Å². The number of hydrogen-bond acceptors (Lipinski definition) is 4. The fourth-order valence-electron chi connectivity index (χ4n) is 6.78. The molecular weight excluding hydrogens is 390 g/mol. The molecule has 0 saturated heterocycles. The van der Waals surface area contributed by atoms with Crippen molar-refractivity contribution in [3.63, 3.8) is 0 Å². The van der Waals surface area contributed by atoms with E-state index in [-0.39, 0.29) is 28.6 Å². The van der Waals surface area contributed by atoms with Crippen LogP contribution in [0.25, 0.3) is 0 Å². The van der Waals surface area contributed by atoms with Crippen LogP contribution in [-0.4, -0.2) is 29.0 Å². The first-order valence-corrected chi connectivity index (χ1v) is 11.5. The second-order valence-electron chi connectivity index (χ2n) is 10.1. The summed E-state index contributed by atoms with van der Waals surface area (Å²) in [5, 5.41) is 3.22. The summed E-state index contributed by atoms with van der Waals surface area (Å²) in [5.41, 5.74) is 1.11. The number of rotatable bonds is 6. The molecule has 1 aromatic heterocycles. The van der Waals surface area contributed by atoms with Crippen LogP contribution in [-0.2, 0) is 6.42 Å². The Balaban J connectivity index is 1.30. The zero-order chi connectivity index (χ0) is 21.6. The molecule has 6 heteroatoms. The van der Waals surface area contributed by atoms with Gasteiger partial charge in [0, 0.05) is 18.5 Å². The lowest BCUT2D eigenvalue weighted by Crippen LogP contribution is -2.55. The van der Waals surface area contributed by atoms with E-state index in [1.54, 1.807) is 7.11 Å². The number of aromatic amines is 1. The van der Waals surface area contributed by atoms with E-state index in [1.807, 2.05) is 24.3 Å². The van der Waals surface area contributed by atoms with Crippen molar-refractivity contribution < 1.29 is 9.53 Å². The lowest BCUT2D eigenvalue weighted by atomic mass is 9.48. The van der Waals surface area contributed by atoms with Crippen LogP contribution in [0.3, 0.4) is 0 Å². The third-order valence-electron chi connectivity index (χ3n) is 7.91. The van der Waals surface area contributed by atoms with Crippen LogP contribution >= 0.6 is 0 Å². The highest BCUT2D eigenvalue weighted by Crippen LogP contribution is 2.61. The van der Waals surface area contributed by atoms with Crippen LogP contribution in [0.1, 0.15) is 67.3 Å². The number of benzene rings is 1. The van der Waals surface area contributed by atoms with Crippen molar-refractivity contribution in [3.05, 3.63) is 57.8 Å². The smallest absolute Gasteiger partial charge is 0.270 e. The Hall–Kier alpha value is -2.63. The molecule has 0 radical (unpaired) electrons. The fourth-order valence-corrected chi connectivity index (χ4v) is 6.78. The van der Waals surface area contributed by atoms with E-state index in [2.05, 4.69) is 22.2 Å².